The Balaban J connectivity index is 1.16. The van der Waals surface area contributed by atoms with Gasteiger partial charge in [0.15, 0.2) is 0 Å². The minimum absolute atomic E-state index is 0.0254. The van der Waals surface area contributed by atoms with Gasteiger partial charge in [-0.1, -0.05) is 37.8 Å². The van der Waals surface area contributed by atoms with Gasteiger partial charge in [-0.15, -0.1) is 0 Å². The van der Waals surface area contributed by atoms with Crippen LogP contribution < -0.4 is 16.0 Å². The van der Waals surface area contributed by atoms with Gasteiger partial charge in [-0.2, -0.15) is 28.6 Å². The van der Waals surface area contributed by atoms with Crippen LogP contribution in [-0.4, -0.2) is 110 Å². The highest BCUT2D eigenvalue weighted by atomic mass is 32.2. The lowest BCUT2D eigenvalue weighted by Crippen LogP contribution is -2.57. The molecule has 5 amide bonds. The van der Waals surface area contributed by atoms with Crippen molar-refractivity contribution >= 4 is 59.5 Å². The maximum atomic E-state index is 14.5. The van der Waals surface area contributed by atoms with Crippen LogP contribution in [0.2, 0.25) is 0 Å². The maximum Gasteiger partial charge on any atom is 0.330 e. The van der Waals surface area contributed by atoms with Gasteiger partial charge in [0.1, 0.15) is 17.6 Å². The zero-order valence-electron chi connectivity index (χ0n) is 28.8. The van der Waals surface area contributed by atoms with E-state index in [1.54, 1.807) is 5.01 Å². The number of nitrogens with zero attached hydrogens (tertiary/aromatic N) is 3. The monoisotopic (exact) mass is 728 g/mol. The molecule has 14 heteroatoms. The first-order valence-corrected chi connectivity index (χ1v) is 21.2. The summed E-state index contributed by atoms with van der Waals surface area (Å²) in [6.07, 6.45) is 15.9. The number of nitrogens with one attached hydrogen (secondary N) is 3. The summed E-state index contributed by atoms with van der Waals surface area (Å²) in [5.41, 5.74) is -1.42. The lowest BCUT2D eigenvalue weighted by molar-refractivity contribution is -0.146. The van der Waals surface area contributed by atoms with E-state index < -0.39 is 35.5 Å². The Morgan fingerprint density at radius 1 is 0.920 bits per heavy atom. The summed E-state index contributed by atoms with van der Waals surface area (Å²) >= 11 is 3.82. The Labute approximate surface area is 303 Å². The quantitative estimate of drug-likeness (QED) is 0.302. The van der Waals surface area contributed by atoms with Gasteiger partial charge in [0.05, 0.1) is 12.0 Å². The van der Waals surface area contributed by atoms with E-state index in [4.69, 9.17) is 5.10 Å². The highest BCUT2D eigenvalue weighted by Crippen LogP contribution is 2.46. The number of carbonyl (C=O) groups excluding carboxylic acids is 4. The fourth-order valence-electron chi connectivity index (χ4n) is 9.22. The molecule has 7 aliphatic rings. The third-order valence-electron chi connectivity index (χ3n) is 12.2. The van der Waals surface area contributed by atoms with Gasteiger partial charge in [-0.25, -0.2) is 14.6 Å². The topological polar surface area (TPSA) is 161 Å². The van der Waals surface area contributed by atoms with Crippen molar-refractivity contribution in [3.63, 3.8) is 0 Å². The first kappa shape index (κ1) is 35.7. The number of hydrazone groups is 1. The summed E-state index contributed by atoms with van der Waals surface area (Å²) < 4.78 is 0. The zero-order valence-corrected chi connectivity index (χ0v) is 30.4. The normalized spacial score (nSPS) is 38.9. The molecule has 7 rings (SSSR count). The molecule has 0 spiro atoms. The predicted octanol–water partition coefficient (Wildman–Crippen LogP) is 3.61. The van der Waals surface area contributed by atoms with Gasteiger partial charge in [-0.3, -0.25) is 14.4 Å². The Morgan fingerprint density at radius 2 is 1.66 bits per heavy atom. The molecule has 0 radical (unpaired) electrons. The van der Waals surface area contributed by atoms with Gasteiger partial charge >= 0.3 is 12.0 Å². The number of carboxylic acids is 1. The highest BCUT2D eigenvalue weighted by molar-refractivity contribution is 7.99. The average molecular weight is 729 g/mol. The van der Waals surface area contributed by atoms with Gasteiger partial charge < -0.3 is 26.0 Å². The van der Waals surface area contributed by atoms with Crippen LogP contribution in [0.4, 0.5) is 4.79 Å². The van der Waals surface area contributed by atoms with Gasteiger partial charge in [0.25, 0.3) is 0 Å². The van der Waals surface area contributed by atoms with E-state index >= 15 is 0 Å². The Hall–Kier alpha value is -2.74. The molecular formula is C36H52N6O6S2. The molecule has 2 saturated carbocycles. The minimum atomic E-state index is -1.42. The summed E-state index contributed by atoms with van der Waals surface area (Å²) in [4.78, 5) is 70.4. The minimum Gasteiger partial charge on any atom is -0.479 e. The molecule has 5 fully saturated rings. The fraction of sp³-hybridized carbons (Fsp3) is 0.778. The maximum absolute atomic E-state index is 14.5. The molecular weight excluding hydrogens is 677 g/mol. The predicted molar refractivity (Wildman–Crippen MR) is 194 cm³/mol. The molecule has 50 heavy (non-hydrogen) atoms. The highest BCUT2D eigenvalue weighted by Gasteiger charge is 2.62. The number of allylic oxidation sites excluding steroid dienone is 1. The van der Waals surface area contributed by atoms with Crippen molar-refractivity contribution in [1.82, 2.24) is 25.9 Å². The SMILES string of the molecule is O=C(NC1CCCC1)N[C@@H]1CCCCC/C=C\[C@@H]2C[C@]2(C(=O)O)NC(=O)C2C[C@H](N3N=C[C@H](C4CCSC4)C(C4CCSC4)C3=O)CN2C1=O. The summed E-state index contributed by atoms with van der Waals surface area (Å²) in [7, 11) is 0. The molecule has 0 aromatic rings. The van der Waals surface area contributed by atoms with Crippen molar-refractivity contribution in [3.05, 3.63) is 12.2 Å². The van der Waals surface area contributed by atoms with E-state index in [-0.39, 0.29) is 66.9 Å². The van der Waals surface area contributed by atoms with Gasteiger partial charge in [-0.05, 0) is 86.2 Å². The number of hydrogen-bond acceptors (Lipinski definition) is 8. The van der Waals surface area contributed by atoms with Crippen molar-refractivity contribution in [2.24, 2.45) is 34.7 Å². The van der Waals surface area contributed by atoms with Crippen LogP contribution in [0.15, 0.2) is 17.3 Å². The summed E-state index contributed by atoms with van der Waals surface area (Å²) in [6.45, 7) is 0.0852. The van der Waals surface area contributed by atoms with Crippen LogP contribution in [-0.2, 0) is 19.2 Å². The molecule has 0 aromatic carbocycles. The molecule has 5 aliphatic heterocycles. The molecule has 5 heterocycles. The molecule has 4 N–H and O–H groups in total. The number of rotatable bonds is 6. The van der Waals surface area contributed by atoms with Crippen LogP contribution >= 0.6 is 23.5 Å². The van der Waals surface area contributed by atoms with Crippen molar-refractivity contribution in [2.75, 3.05) is 29.6 Å². The summed E-state index contributed by atoms with van der Waals surface area (Å²) in [6, 6.07) is -2.72. The smallest absolute Gasteiger partial charge is 0.330 e. The number of thioether (sulfide) groups is 2. The second-order valence-corrected chi connectivity index (χ2v) is 17.8. The molecule has 9 atom stereocenters. The van der Waals surface area contributed by atoms with Crippen LogP contribution in [0, 0.1) is 29.6 Å². The molecule has 3 saturated heterocycles. The van der Waals surface area contributed by atoms with Gasteiger partial charge in [0.2, 0.25) is 17.7 Å². The van der Waals surface area contributed by atoms with E-state index in [1.807, 2.05) is 41.9 Å². The molecule has 4 unspecified atom stereocenters. The van der Waals surface area contributed by atoms with Crippen LogP contribution in [0.25, 0.3) is 0 Å². The average Bonchev–Trinajstić information content (AvgIpc) is 3.77. The molecule has 274 valence electrons. The van der Waals surface area contributed by atoms with Crippen LogP contribution in [0.1, 0.15) is 83.5 Å². The number of urea groups is 1. The van der Waals surface area contributed by atoms with Crippen molar-refractivity contribution < 1.29 is 29.1 Å². The second kappa shape index (κ2) is 15.5. The Kier molecular flexibility index (Phi) is 11.0. The number of hydrogen-bond donors (Lipinski definition) is 4. The second-order valence-electron chi connectivity index (χ2n) is 15.5. The number of carbonyl (C=O) groups is 5. The number of aliphatic carboxylic acids is 1. The Bertz CT molecular complexity index is 1380. The van der Waals surface area contributed by atoms with E-state index in [9.17, 15) is 29.1 Å². The van der Waals surface area contributed by atoms with E-state index in [0.717, 1.165) is 80.8 Å². The Morgan fingerprint density at radius 3 is 2.38 bits per heavy atom. The van der Waals surface area contributed by atoms with Gasteiger partial charge in [0, 0.05) is 37.1 Å². The first-order chi connectivity index (χ1) is 24.2. The number of carboxylic acid groups (broad SMARTS) is 1. The largest absolute Gasteiger partial charge is 0.479 e. The molecule has 0 bridgehead atoms. The van der Waals surface area contributed by atoms with E-state index in [2.05, 4.69) is 16.0 Å². The third-order valence-corrected chi connectivity index (χ3v) is 14.6. The summed E-state index contributed by atoms with van der Waals surface area (Å²) in [5.74, 6) is 2.31. The lowest BCUT2D eigenvalue weighted by atomic mass is 9.73. The zero-order chi connectivity index (χ0) is 34.8. The van der Waals surface area contributed by atoms with Crippen molar-refractivity contribution in [3.8, 4) is 0 Å². The molecule has 0 aromatic heterocycles. The van der Waals surface area contributed by atoms with Crippen molar-refractivity contribution in [2.45, 2.75) is 113 Å². The number of fused-ring (bicyclic) bond motifs is 2. The van der Waals surface area contributed by atoms with Crippen molar-refractivity contribution in [1.29, 1.82) is 0 Å². The standard InChI is InChI=1S/C36H52N6O6S2/c43-31-29-16-26(42-33(45)30(23-13-15-50-21-23)27(18-37-42)22-12-14-49-20-22)19-41(29)32(44)28(39-35(48)38-25-9-6-7-10-25)11-5-3-1-2-4-8-24-17-36(24,40-31)34(46)47/h4,8,18,22-30H,1-3,5-7,9-17,19-21H2,(H,40,43)(H,46,47)(H2,38,39,48)/b8-4-/t22?,23?,24-,26+,27-,28-,29?,30?,36+/m1/s1. The fourth-order valence-corrected chi connectivity index (χ4v) is 11.9. The summed E-state index contributed by atoms with van der Waals surface area (Å²) in [5, 5.41) is 25.4. The first-order valence-electron chi connectivity index (χ1n) is 18.9. The van der Waals surface area contributed by atoms with E-state index in [0.29, 0.717) is 18.8 Å². The lowest BCUT2D eigenvalue weighted by Gasteiger charge is -2.39. The third kappa shape index (κ3) is 7.43. The molecule has 12 nitrogen and oxygen atoms in total. The van der Waals surface area contributed by atoms with Crippen LogP contribution in [0.3, 0.4) is 0 Å². The number of amides is 5. The molecule has 2 aliphatic carbocycles. The van der Waals surface area contributed by atoms with E-state index in [1.165, 1.54) is 4.90 Å². The van der Waals surface area contributed by atoms with Crippen LogP contribution in [0.5, 0.6) is 0 Å².